The molecule has 0 spiro atoms. The molecule has 1 N–H and O–H groups in total. The fourth-order valence-corrected chi connectivity index (χ4v) is 2.03. The van der Waals surface area contributed by atoms with Crippen LogP contribution in [-0.4, -0.2) is 28.8 Å². The zero-order valence-corrected chi connectivity index (χ0v) is 11.9. The normalized spacial score (nSPS) is 12.9. The van der Waals surface area contributed by atoms with E-state index in [0.29, 0.717) is 0 Å². The summed E-state index contributed by atoms with van der Waals surface area (Å²) in [7, 11) is 1.69. The Morgan fingerprint density at radius 2 is 2.00 bits per heavy atom. The number of fused-ring (bicyclic) bond motifs is 1. The van der Waals surface area contributed by atoms with E-state index in [4.69, 9.17) is 4.65 Å². The highest BCUT2D eigenvalue weighted by atomic mass is 32.1. The summed E-state index contributed by atoms with van der Waals surface area (Å²) in [6.45, 7) is 7.23. The van der Waals surface area contributed by atoms with Crippen LogP contribution in [0.4, 0.5) is 0 Å². The summed E-state index contributed by atoms with van der Waals surface area (Å²) in [4.78, 5) is 4.23. The van der Waals surface area contributed by atoms with Crippen LogP contribution in [0.2, 0.25) is 0 Å². The molecule has 18 heavy (non-hydrogen) atoms. The van der Waals surface area contributed by atoms with Gasteiger partial charge in [-0.3, -0.25) is 0 Å². The standard InChI is InChI=1S/C13H17BNO2S/c1-12(2,16)13(3,4)17-14-9-5-6-10-11(7-9)18-8-15-10/h5-8,16H,1-4H3. The Morgan fingerprint density at radius 1 is 1.28 bits per heavy atom. The zero-order valence-electron chi connectivity index (χ0n) is 11.1. The monoisotopic (exact) mass is 262 g/mol. The highest BCUT2D eigenvalue weighted by molar-refractivity contribution is 7.16. The smallest absolute Gasteiger partial charge is 0.330 e. The first kappa shape index (κ1) is 13.5. The number of aromatic nitrogens is 1. The lowest BCUT2D eigenvalue weighted by Gasteiger charge is -2.37. The third-order valence-corrected chi connectivity index (χ3v) is 4.11. The quantitative estimate of drug-likeness (QED) is 0.858. The van der Waals surface area contributed by atoms with Crippen LogP contribution in [0.15, 0.2) is 23.7 Å². The van der Waals surface area contributed by atoms with Crippen LogP contribution < -0.4 is 5.46 Å². The first-order valence-corrected chi connectivity index (χ1v) is 6.74. The van der Waals surface area contributed by atoms with Gasteiger partial charge in [0.15, 0.2) is 0 Å². The number of rotatable bonds is 4. The molecule has 3 nitrogen and oxygen atoms in total. The van der Waals surface area contributed by atoms with Gasteiger partial charge in [0.1, 0.15) is 0 Å². The highest BCUT2D eigenvalue weighted by Crippen LogP contribution is 2.24. The molecular weight excluding hydrogens is 245 g/mol. The molecule has 2 aromatic rings. The van der Waals surface area contributed by atoms with Crippen molar-refractivity contribution in [2.75, 3.05) is 0 Å². The van der Waals surface area contributed by atoms with Crippen molar-refractivity contribution in [2.24, 2.45) is 0 Å². The van der Waals surface area contributed by atoms with E-state index in [1.165, 1.54) is 0 Å². The second kappa shape index (κ2) is 4.65. The summed E-state index contributed by atoms with van der Waals surface area (Å²) in [5.74, 6) is 0. The topological polar surface area (TPSA) is 42.4 Å². The van der Waals surface area contributed by atoms with Gasteiger partial charge in [0, 0.05) is 0 Å². The minimum atomic E-state index is -0.905. The third kappa shape index (κ3) is 2.74. The lowest BCUT2D eigenvalue weighted by Crippen LogP contribution is -2.49. The molecule has 1 heterocycles. The Morgan fingerprint density at radius 3 is 2.67 bits per heavy atom. The van der Waals surface area contributed by atoms with Crippen LogP contribution in [0.1, 0.15) is 27.7 Å². The average Bonchev–Trinajstić information content (AvgIpc) is 2.71. The average molecular weight is 262 g/mol. The second-order valence-corrected chi connectivity index (χ2v) is 6.27. The van der Waals surface area contributed by atoms with Gasteiger partial charge in [-0.15, -0.1) is 11.3 Å². The molecule has 0 amide bonds. The summed E-state index contributed by atoms with van der Waals surface area (Å²) in [6.07, 6.45) is 0. The van der Waals surface area contributed by atoms with Crippen molar-refractivity contribution < 1.29 is 9.76 Å². The van der Waals surface area contributed by atoms with Crippen molar-refractivity contribution in [1.29, 1.82) is 0 Å². The van der Waals surface area contributed by atoms with Gasteiger partial charge in [-0.2, -0.15) is 0 Å². The van der Waals surface area contributed by atoms with Crippen LogP contribution in [0, 0.1) is 0 Å². The summed E-state index contributed by atoms with van der Waals surface area (Å²) < 4.78 is 6.85. The Balaban J connectivity index is 2.10. The Kier molecular flexibility index (Phi) is 3.49. The summed E-state index contributed by atoms with van der Waals surface area (Å²) in [5, 5.41) is 10.0. The van der Waals surface area contributed by atoms with Crippen molar-refractivity contribution >= 4 is 34.5 Å². The minimum Gasteiger partial charge on any atom is -0.427 e. The van der Waals surface area contributed by atoms with Crippen molar-refractivity contribution in [3.8, 4) is 0 Å². The zero-order chi connectivity index (χ0) is 13.4. The lowest BCUT2D eigenvalue weighted by atomic mass is 9.82. The number of thiazole rings is 1. The maximum atomic E-state index is 10.0. The van der Waals surface area contributed by atoms with Gasteiger partial charge in [-0.25, -0.2) is 4.98 Å². The predicted octanol–water partition coefficient (Wildman–Crippen LogP) is 2.11. The molecule has 0 saturated carbocycles. The first-order valence-electron chi connectivity index (χ1n) is 5.86. The van der Waals surface area contributed by atoms with Gasteiger partial charge in [0.25, 0.3) is 0 Å². The molecule has 2 rings (SSSR count). The number of benzene rings is 1. The molecule has 95 valence electrons. The molecule has 5 heteroatoms. The van der Waals surface area contributed by atoms with E-state index >= 15 is 0 Å². The predicted molar refractivity (Wildman–Crippen MR) is 76.5 cm³/mol. The van der Waals surface area contributed by atoms with Crippen molar-refractivity contribution in [3.63, 3.8) is 0 Å². The van der Waals surface area contributed by atoms with E-state index in [1.807, 2.05) is 37.6 Å². The number of hydrogen-bond donors (Lipinski definition) is 1. The molecule has 0 aliphatic carbocycles. The molecule has 1 radical (unpaired) electrons. The van der Waals surface area contributed by atoms with Gasteiger partial charge >= 0.3 is 7.48 Å². The van der Waals surface area contributed by atoms with Crippen LogP contribution >= 0.6 is 11.3 Å². The van der Waals surface area contributed by atoms with E-state index in [9.17, 15) is 5.11 Å². The van der Waals surface area contributed by atoms with Crippen molar-refractivity contribution in [1.82, 2.24) is 4.98 Å². The number of nitrogens with zero attached hydrogens (tertiary/aromatic N) is 1. The van der Waals surface area contributed by atoms with E-state index < -0.39 is 11.2 Å². The first-order chi connectivity index (χ1) is 8.29. The molecule has 0 saturated heterocycles. The van der Waals surface area contributed by atoms with Gasteiger partial charge in [-0.1, -0.05) is 11.5 Å². The Bertz CT molecular complexity index is 545. The summed E-state index contributed by atoms with van der Waals surface area (Å²) in [5.41, 5.74) is 2.26. The molecular formula is C13H17BNO2S. The van der Waals surface area contributed by atoms with Gasteiger partial charge in [0.2, 0.25) is 0 Å². The highest BCUT2D eigenvalue weighted by Gasteiger charge is 2.35. The van der Waals surface area contributed by atoms with Crippen molar-refractivity contribution in [3.05, 3.63) is 23.7 Å². The van der Waals surface area contributed by atoms with Crippen LogP contribution in [0.5, 0.6) is 0 Å². The number of aliphatic hydroxyl groups is 1. The van der Waals surface area contributed by atoms with E-state index in [2.05, 4.69) is 4.98 Å². The van der Waals surface area contributed by atoms with E-state index in [0.717, 1.165) is 15.7 Å². The van der Waals surface area contributed by atoms with Gasteiger partial charge in [-0.05, 0) is 39.8 Å². The van der Waals surface area contributed by atoms with Crippen molar-refractivity contribution in [2.45, 2.75) is 38.9 Å². The molecule has 1 aromatic heterocycles. The minimum absolute atomic E-state index is 0.643. The molecule has 0 fully saturated rings. The molecule has 0 aliphatic heterocycles. The fraction of sp³-hybridized carbons (Fsp3) is 0.462. The Labute approximate surface area is 112 Å². The van der Waals surface area contributed by atoms with Crippen LogP contribution in [0.3, 0.4) is 0 Å². The molecule has 0 aliphatic rings. The van der Waals surface area contributed by atoms with E-state index in [-0.39, 0.29) is 0 Å². The molecule has 0 unspecified atom stereocenters. The van der Waals surface area contributed by atoms with Crippen LogP contribution in [0.25, 0.3) is 10.2 Å². The lowest BCUT2D eigenvalue weighted by molar-refractivity contribution is -0.0893. The maximum Gasteiger partial charge on any atom is 0.330 e. The van der Waals surface area contributed by atoms with Crippen LogP contribution in [-0.2, 0) is 4.65 Å². The SMILES string of the molecule is CC(C)(O)C(C)(C)O[B]c1ccc2ncsc2c1. The molecule has 1 aromatic carbocycles. The van der Waals surface area contributed by atoms with Gasteiger partial charge < -0.3 is 9.76 Å². The third-order valence-electron chi connectivity index (χ3n) is 3.32. The molecule has 0 bridgehead atoms. The summed E-state index contributed by atoms with van der Waals surface area (Å²) in [6, 6.07) is 5.97. The number of hydrogen-bond acceptors (Lipinski definition) is 4. The Hall–Kier alpha value is -0.905. The molecule has 0 atom stereocenters. The second-order valence-electron chi connectivity index (χ2n) is 5.38. The maximum absolute atomic E-state index is 10.0. The summed E-state index contributed by atoms with van der Waals surface area (Å²) >= 11 is 1.60. The van der Waals surface area contributed by atoms with E-state index in [1.54, 1.807) is 32.7 Å². The van der Waals surface area contributed by atoms with Gasteiger partial charge in [0.05, 0.1) is 26.9 Å². The largest absolute Gasteiger partial charge is 0.427 e. The fourth-order valence-electron chi connectivity index (χ4n) is 1.30.